The van der Waals surface area contributed by atoms with Gasteiger partial charge in [0.2, 0.25) is 5.78 Å². The molecule has 33 heavy (non-hydrogen) atoms. The molecule has 0 saturated carbocycles. The molecule has 0 bridgehead atoms. The van der Waals surface area contributed by atoms with Crippen molar-refractivity contribution in [2.75, 3.05) is 24.3 Å². The number of hydrogen-bond donors (Lipinski definition) is 2. The molecule has 170 valence electrons. The Labute approximate surface area is 187 Å². The molecule has 2 aromatic heterocycles. The van der Waals surface area contributed by atoms with Crippen LogP contribution < -0.4 is 11.1 Å². The van der Waals surface area contributed by atoms with Gasteiger partial charge in [-0.05, 0) is 60.4 Å². The summed E-state index contributed by atoms with van der Waals surface area (Å²) in [5.41, 5.74) is 8.62. The Hall–Kier alpha value is -3.59. The summed E-state index contributed by atoms with van der Waals surface area (Å²) < 4.78 is 47.2. The molecule has 2 aromatic carbocycles. The number of nitrogens with one attached hydrogen (secondary N) is 1. The predicted molar refractivity (Wildman–Crippen MR) is 122 cm³/mol. The minimum atomic E-state index is -4.48. The monoisotopic (exact) mass is 453 g/mol. The van der Waals surface area contributed by atoms with E-state index in [0.29, 0.717) is 30.4 Å². The zero-order valence-corrected chi connectivity index (χ0v) is 17.9. The summed E-state index contributed by atoms with van der Waals surface area (Å²) in [5.74, 6) is 1.04. The quantitative estimate of drug-likeness (QED) is 0.401. The third-order valence-corrected chi connectivity index (χ3v) is 5.84. The summed E-state index contributed by atoms with van der Waals surface area (Å²) in [4.78, 5) is 8.95. The number of halogens is 3. The van der Waals surface area contributed by atoms with Gasteiger partial charge >= 0.3 is 6.18 Å². The van der Waals surface area contributed by atoms with Crippen LogP contribution in [0.1, 0.15) is 36.1 Å². The fourth-order valence-corrected chi connectivity index (χ4v) is 4.14. The van der Waals surface area contributed by atoms with Gasteiger partial charge in [-0.15, -0.1) is 0 Å². The summed E-state index contributed by atoms with van der Waals surface area (Å²) in [6, 6.07) is 9.23. The molecule has 3 N–H and O–H groups in total. The highest BCUT2D eigenvalue weighted by atomic mass is 19.4. The van der Waals surface area contributed by atoms with Crippen LogP contribution in [0.4, 0.5) is 24.7 Å². The molecule has 0 spiro atoms. The maximum atomic E-state index is 13.3. The number of ether oxygens (including phenoxy) is 1. The minimum absolute atomic E-state index is 0.0590. The number of fused-ring (bicyclic) bond motifs is 3. The van der Waals surface area contributed by atoms with Crippen molar-refractivity contribution in [1.82, 2.24) is 14.4 Å². The summed E-state index contributed by atoms with van der Waals surface area (Å²) in [5, 5.41) is 4.13. The van der Waals surface area contributed by atoms with E-state index in [0.717, 1.165) is 35.0 Å². The molecular weight excluding hydrogens is 431 g/mol. The van der Waals surface area contributed by atoms with Gasteiger partial charge in [0.15, 0.2) is 0 Å². The first-order valence-electron chi connectivity index (χ1n) is 10.6. The van der Waals surface area contributed by atoms with Crippen LogP contribution >= 0.6 is 0 Å². The molecule has 0 radical (unpaired) electrons. The molecular formula is C24H22F3N5O. The standard InChI is InChI=1S/C24H22F3N5O/c1-14(17-10-18(24(25,26)27)13-19(28)11-17)30-22-20-12-16(15-4-8-33-9-5-15)2-3-21(20)32-7-6-29-23(32)31-22/h2-4,6-7,10-14H,5,8-9,28H2,1H3,(H,29,30,31)/t14-/m1/s1. The van der Waals surface area contributed by atoms with Crippen molar-refractivity contribution in [3.63, 3.8) is 0 Å². The first-order valence-corrected chi connectivity index (χ1v) is 10.6. The Balaban J connectivity index is 1.59. The normalized spacial score (nSPS) is 15.6. The van der Waals surface area contributed by atoms with Crippen LogP contribution in [0.2, 0.25) is 0 Å². The van der Waals surface area contributed by atoms with Gasteiger partial charge in [-0.3, -0.25) is 4.40 Å². The Morgan fingerprint density at radius 1 is 1.18 bits per heavy atom. The van der Waals surface area contributed by atoms with E-state index in [-0.39, 0.29) is 5.69 Å². The van der Waals surface area contributed by atoms with Crippen LogP contribution in [0.25, 0.3) is 22.3 Å². The highest BCUT2D eigenvalue weighted by Crippen LogP contribution is 2.35. The summed E-state index contributed by atoms with van der Waals surface area (Å²) in [7, 11) is 0. The molecule has 0 fully saturated rings. The number of rotatable bonds is 4. The highest BCUT2D eigenvalue weighted by Gasteiger charge is 2.31. The number of anilines is 2. The van der Waals surface area contributed by atoms with E-state index in [9.17, 15) is 13.2 Å². The SMILES string of the molecule is C[C@@H](Nc1nc2nccn2c2ccc(C3=CCOCC3)cc12)c1cc(N)cc(C(F)(F)F)c1. The van der Waals surface area contributed by atoms with E-state index in [1.165, 1.54) is 5.57 Å². The molecule has 0 amide bonds. The van der Waals surface area contributed by atoms with Crippen molar-refractivity contribution in [3.8, 4) is 0 Å². The highest BCUT2D eigenvalue weighted by molar-refractivity contribution is 5.93. The van der Waals surface area contributed by atoms with Gasteiger partial charge in [0, 0.05) is 23.5 Å². The summed E-state index contributed by atoms with van der Waals surface area (Å²) >= 11 is 0. The van der Waals surface area contributed by atoms with E-state index in [1.807, 2.05) is 16.7 Å². The second-order valence-electron chi connectivity index (χ2n) is 8.10. The van der Waals surface area contributed by atoms with Crippen molar-refractivity contribution in [3.05, 3.63) is 71.6 Å². The average molecular weight is 453 g/mol. The van der Waals surface area contributed by atoms with Crippen molar-refractivity contribution < 1.29 is 17.9 Å². The van der Waals surface area contributed by atoms with Gasteiger partial charge in [-0.1, -0.05) is 12.1 Å². The van der Waals surface area contributed by atoms with E-state index >= 15 is 0 Å². The molecule has 0 aliphatic carbocycles. The minimum Gasteiger partial charge on any atom is -0.399 e. The smallest absolute Gasteiger partial charge is 0.399 e. The molecule has 1 atom stereocenters. The fourth-order valence-electron chi connectivity index (χ4n) is 4.14. The lowest BCUT2D eigenvalue weighted by atomic mass is 9.99. The zero-order valence-electron chi connectivity index (χ0n) is 17.9. The fraction of sp³-hybridized carbons (Fsp3) is 0.250. The topological polar surface area (TPSA) is 77.5 Å². The van der Waals surface area contributed by atoms with Crippen molar-refractivity contribution in [2.24, 2.45) is 0 Å². The van der Waals surface area contributed by atoms with E-state index in [1.54, 1.807) is 19.2 Å². The zero-order chi connectivity index (χ0) is 23.2. The van der Waals surface area contributed by atoms with E-state index in [2.05, 4.69) is 33.5 Å². The van der Waals surface area contributed by atoms with Crippen LogP contribution in [-0.2, 0) is 10.9 Å². The Morgan fingerprint density at radius 3 is 2.79 bits per heavy atom. The van der Waals surface area contributed by atoms with Crippen molar-refractivity contribution in [2.45, 2.75) is 25.6 Å². The summed E-state index contributed by atoms with van der Waals surface area (Å²) in [6.07, 6.45) is 1.90. The Bertz CT molecular complexity index is 1380. The van der Waals surface area contributed by atoms with Gasteiger partial charge in [0.25, 0.3) is 0 Å². The molecule has 1 aliphatic rings. The number of imidazole rings is 1. The number of alkyl halides is 3. The summed E-state index contributed by atoms with van der Waals surface area (Å²) in [6.45, 7) is 3.02. The van der Waals surface area contributed by atoms with E-state index < -0.39 is 17.8 Å². The molecule has 9 heteroatoms. The number of nitrogen functional groups attached to an aromatic ring is 1. The molecule has 0 saturated heterocycles. The van der Waals surface area contributed by atoms with Crippen LogP contribution in [-0.4, -0.2) is 27.6 Å². The second kappa shape index (κ2) is 8.08. The number of hydrogen-bond acceptors (Lipinski definition) is 5. The maximum Gasteiger partial charge on any atom is 0.416 e. The lowest BCUT2D eigenvalue weighted by molar-refractivity contribution is -0.137. The van der Waals surface area contributed by atoms with Gasteiger partial charge in [-0.2, -0.15) is 18.2 Å². The average Bonchev–Trinajstić information content (AvgIpc) is 3.27. The van der Waals surface area contributed by atoms with Crippen LogP contribution in [0, 0.1) is 0 Å². The lowest BCUT2D eigenvalue weighted by Crippen LogP contribution is -2.13. The molecule has 3 heterocycles. The predicted octanol–water partition coefficient (Wildman–Crippen LogP) is 5.46. The van der Waals surface area contributed by atoms with E-state index in [4.69, 9.17) is 10.5 Å². The Morgan fingerprint density at radius 2 is 2.03 bits per heavy atom. The first kappa shape index (κ1) is 21.3. The van der Waals surface area contributed by atoms with Crippen LogP contribution in [0.15, 0.2) is 54.9 Å². The maximum absolute atomic E-state index is 13.3. The number of nitrogens with two attached hydrogens (primary N) is 1. The molecule has 4 aromatic rings. The third kappa shape index (κ3) is 4.11. The van der Waals surface area contributed by atoms with Gasteiger partial charge in [0.05, 0.1) is 30.3 Å². The lowest BCUT2D eigenvalue weighted by Gasteiger charge is -2.20. The van der Waals surface area contributed by atoms with Gasteiger partial charge in [-0.25, -0.2) is 4.98 Å². The van der Waals surface area contributed by atoms with Crippen LogP contribution in [0.3, 0.4) is 0 Å². The van der Waals surface area contributed by atoms with Gasteiger partial charge < -0.3 is 15.8 Å². The third-order valence-electron chi connectivity index (χ3n) is 5.84. The molecule has 5 rings (SSSR count). The second-order valence-corrected chi connectivity index (χ2v) is 8.10. The van der Waals surface area contributed by atoms with Crippen LogP contribution in [0.5, 0.6) is 0 Å². The molecule has 1 aliphatic heterocycles. The Kier molecular flexibility index (Phi) is 5.20. The molecule has 6 nitrogen and oxygen atoms in total. The van der Waals surface area contributed by atoms with Crippen molar-refractivity contribution >= 4 is 33.8 Å². The molecule has 0 unspecified atom stereocenters. The number of aromatic nitrogens is 3. The first-order chi connectivity index (χ1) is 15.8. The number of benzene rings is 2. The number of nitrogens with zero attached hydrogens (tertiary/aromatic N) is 3. The van der Waals surface area contributed by atoms with Crippen molar-refractivity contribution in [1.29, 1.82) is 0 Å². The van der Waals surface area contributed by atoms with Gasteiger partial charge in [0.1, 0.15) is 5.82 Å². The largest absolute Gasteiger partial charge is 0.416 e.